The van der Waals surface area contributed by atoms with Crippen LogP contribution in [0.3, 0.4) is 0 Å². The van der Waals surface area contributed by atoms with E-state index in [1.165, 1.54) is 23.4 Å². The Kier molecular flexibility index (Phi) is 3.22. The maximum absolute atomic E-state index is 5.79. The minimum absolute atomic E-state index is 0.416. The molecule has 0 amide bonds. The van der Waals surface area contributed by atoms with E-state index in [-0.39, 0.29) is 0 Å². The Morgan fingerprint density at radius 1 is 1.50 bits per heavy atom. The van der Waals surface area contributed by atoms with Crippen molar-refractivity contribution < 1.29 is 4.42 Å². The van der Waals surface area contributed by atoms with Crippen LogP contribution >= 0.6 is 11.3 Å². The first-order chi connectivity index (χ1) is 8.81. The molecule has 1 N–H and O–H groups in total. The van der Waals surface area contributed by atoms with Gasteiger partial charge >= 0.3 is 0 Å². The topological polar surface area (TPSA) is 38.1 Å². The number of hydrogen-bond acceptors (Lipinski definition) is 4. The van der Waals surface area contributed by atoms with Crippen LogP contribution in [0.2, 0.25) is 0 Å². The third-order valence-electron chi connectivity index (χ3n) is 3.52. The highest BCUT2D eigenvalue weighted by Gasteiger charge is 2.24. The van der Waals surface area contributed by atoms with Crippen LogP contribution in [0.1, 0.15) is 42.1 Å². The molecule has 0 bridgehead atoms. The number of fused-ring (bicyclic) bond motifs is 1. The monoisotopic (exact) mass is 262 g/mol. The maximum atomic E-state index is 5.79. The standard InChI is InChI=1S/C14H18N2OS/c1-3-9-7-8-11(17-9)14-16-13-10(15-2)5-4-6-12(13)18-14/h7-8,10,15H,3-6H2,1-2H3. The molecule has 1 unspecified atom stereocenters. The van der Waals surface area contributed by atoms with Crippen LogP contribution in [-0.2, 0) is 12.8 Å². The molecule has 0 aromatic carbocycles. The van der Waals surface area contributed by atoms with Crippen LogP contribution < -0.4 is 5.32 Å². The van der Waals surface area contributed by atoms with E-state index in [1.807, 2.05) is 19.2 Å². The number of hydrogen-bond donors (Lipinski definition) is 1. The Morgan fingerprint density at radius 3 is 3.11 bits per heavy atom. The first-order valence-corrected chi connectivity index (χ1v) is 7.39. The van der Waals surface area contributed by atoms with Crippen molar-refractivity contribution in [1.82, 2.24) is 10.3 Å². The highest BCUT2D eigenvalue weighted by Crippen LogP contribution is 2.37. The van der Waals surface area contributed by atoms with E-state index in [0.29, 0.717) is 6.04 Å². The van der Waals surface area contributed by atoms with Gasteiger partial charge in [-0.05, 0) is 38.4 Å². The number of nitrogens with zero attached hydrogens (tertiary/aromatic N) is 1. The van der Waals surface area contributed by atoms with Crippen molar-refractivity contribution in [3.05, 3.63) is 28.5 Å². The Hall–Kier alpha value is -1.13. The summed E-state index contributed by atoms with van der Waals surface area (Å²) >= 11 is 1.79. The van der Waals surface area contributed by atoms with Crippen LogP contribution in [-0.4, -0.2) is 12.0 Å². The van der Waals surface area contributed by atoms with Crippen molar-refractivity contribution in [2.24, 2.45) is 0 Å². The summed E-state index contributed by atoms with van der Waals surface area (Å²) in [6.07, 6.45) is 4.53. The van der Waals surface area contributed by atoms with Crippen molar-refractivity contribution in [3.8, 4) is 10.8 Å². The molecule has 1 aliphatic carbocycles. The lowest BCUT2D eigenvalue weighted by molar-refractivity contribution is 0.489. The quantitative estimate of drug-likeness (QED) is 0.919. The second kappa shape index (κ2) is 4.86. The second-order valence-corrected chi connectivity index (χ2v) is 5.76. The zero-order valence-electron chi connectivity index (χ0n) is 10.8. The summed E-state index contributed by atoms with van der Waals surface area (Å²) in [4.78, 5) is 6.20. The predicted molar refractivity (Wildman–Crippen MR) is 73.9 cm³/mol. The SMILES string of the molecule is CCc1ccc(-c2nc3c(s2)CCCC3NC)o1. The molecule has 0 spiro atoms. The first-order valence-electron chi connectivity index (χ1n) is 6.57. The molecule has 1 atom stereocenters. The van der Waals surface area contributed by atoms with Crippen LogP contribution in [0.15, 0.2) is 16.5 Å². The van der Waals surface area contributed by atoms with Crippen molar-refractivity contribution in [2.45, 2.75) is 38.6 Å². The highest BCUT2D eigenvalue weighted by molar-refractivity contribution is 7.15. The van der Waals surface area contributed by atoms with Gasteiger partial charge in [0, 0.05) is 11.3 Å². The number of thiazole rings is 1. The summed E-state index contributed by atoms with van der Waals surface area (Å²) in [7, 11) is 2.01. The van der Waals surface area contributed by atoms with Crippen molar-refractivity contribution >= 4 is 11.3 Å². The fraction of sp³-hybridized carbons (Fsp3) is 0.500. The van der Waals surface area contributed by atoms with E-state index in [1.54, 1.807) is 11.3 Å². The number of nitrogens with one attached hydrogen (secondary N) is 1. The van der Waals surface area contributed by atoms with Crippen LogP contribution in [0.4, 0.5) is 0 Å². The van der Waals surface area contributed by atoms with Gasteiger partial charge in [-0.1, -0.05) is 6.92 Å². The van der Waals surface area contributed by atoms with Crippen LogP contribution in [0, 0.1) is 0 Å². The zero-order chi connectivity index (χ0) is 12.5. The summed E-state index contributed by atoms with van der Waals surface area (Å²) in [6.45, 7) is 2.10. The molecule has 2 heterocycles. The molecule has 1 aliphatic rings. The van der Waals surface area contributed by atoms with E-state index < -0.39 is 0 Å². The van der Waals surface area contributed by atoms with E-state index in [4.69, 9.17) is 9.40 Å². The molecule has 0 saturated heterocycles. The Bertz CT molecular complexity index is 544. The summed E-state index contributed by atoms with van der Waals surface area (Å²) < 4.78 is 5.79. The molecule has 3 rings (SSSR count). The number of furan rings is 1. The first kappa shape index (κ1) is 11.9. The van der Waals surface area contributed by atoms with Crippen molar-refractivity contribution in [2.75, 3.05) is 7.05 Å². The summed E-state index contributed by atoms with van der Waals surface area (Å²) in [5, 5.41) is 4.38. The fourth-order valence-electron chi connectivity index (χ4n) is 2.49. The average molecular weight is 262 g/mol. The molecule has 0 saturated carbocycles. The lowest BCUT2D eigenvalue weighted by atomic mass is 9.98. The number of aryl methyl sites for hydroxylation is 2. The zero-order valence-corrected chi connectivity index (χ0v) is 11.6. The lowest BCUT2D eigenvalue weighted by Gasteiger charge is -2.19. The summed E-state index contributed by atoms with van der Waals surface area (Å²) in [5.74, 6) is 1.95. The molecule has 96 valence electrons. The smallest absolute Gasteiger partial charge is 0.162 e. The predicted octanol–water partition coefficient (Wildman–Crippen LogP) is 3.56. The Labute approximate surface area is 111 Å². The minimum Gasteiger partial charge on any atom is -0.459 e. The van der Waals surface area contributed by atoms with Gasteiger partial charge in [-0.25, -0.2) is 4.98 Å². The second-order valence-electron chi connectivity index (χ2n) is 4.68. The van der Waals surface area contributed by atoms with Gasteiger partial charge in [0.15, 0.2) is 10.8 Å². The molecule has 0 fully saturated rings. The summed E-state index contributed by atoms with van der Waals surface area (Å²) in [6, 6.07) is 4.50. The Morgan fingerprint density at radius 2 is 2.39 bits per heavy atom. The Balaban J connectivity index is 1.97. The molecule has 18 heavy (non-hydrogen) atoms. The third kappa shape index (κ3) is 1.99. The van der Waals surface area contributed by atoms with E-state index in [0.717, 1.165) is 29.4 Å². The average Bonchev–Trinajstić information content (AvgIpc) is 3.03. The third-order valence-corrected chi connectivity index (χ3v) is 4.67. The van der Waals surface area contributed by atoms with Gasteiger partial charge in [0.2, 0.25) is 0 Å². The molecular weight excluding hydrogens is 244 g/mol. The van der Waals surface area contributed by atoms with Gasteiger partial charge in [0.05, 0.1) is 11.7 Å². The lowest BCUT2D eigenvalue weighted by Crippen LogP contribution is -2.21. The largest absolute Gasteiger partial charge is 0.459 e. The molecule has 2 aromatic heterocycles. The molecular formula is C14H18N2OS. The van der Waals surface area contributed by atoms with Gasteiger partial charge in [-0.15, -0.1) is 11.3 Å². The van der Waals surface area contributed by atoms with E-state index in [2.05, 4.69) is 12.2 Å². The van der Waals surface area contributed by atoms with E-state index >= 15 is 0 Å². The van der Waals surface area contributed by atoms with Gasteiger partial charge in [0.25, 0.3) is 0 Å². The van der Waals surface area contributed by atoms with Gasteiger partial charge in [-0.3, -0.25) is 0 Å². The van der Waals surface area contributed by atoms with E-state index in [9.17, 15) is 0 Å². The fourth-order valence-corrected chi connectivity index (χ4v) is 3.61. The molecule has 3 nitrogen and oxygen atoms in total. The van der Waals surface area contributed by atoms with Gasteiger partial charge in [-0.2, -0.15) is 0 Å². The molecule has 4 heteroatoms. The van der Waals surface area contributed by atoms with Gasteiger partial charge < -0.3 is 9.73 Å². The normalized spacial score (nSPS) is 18.9. The van der Waals surface area contributed by atoms with Crippen LogP contribution in [0.25, 0.3) is 10.8 Å². The number of rotatable bonds is 3. The molecule has 0 aliphatic heterocycles. The molecule has 2 aromatic rings. The highest BCUT2D eigenvalue weighted by atomic mass is 32.1. The molecule has 0 radical (unpaired) electrons. The number of aromatic nitrogens is 1. The van der Waals surface area contributed by atoms with Crippen molar-refractivity contribution in [1.29, 1.82) is 0 Å². The van der Waals surface area contributed by atoms with Gasteiger partial charge in [0.1, 0.15) is 5.76 Å². The van der Waals surface area contributed by atoms with Crippen molar-refractivity contribution in [3.63, 3.8) is 0 Å². The minimum atomic E-state index is 0.416. The summed E-state index contributed by atoms with van der Waals surface area (Å²) in [5.41, 5.74) is 1.23. The maximum Gasteiger partial charge on any atom is 0.162 e. The van der Waals surface area contributed by atoms with Crippen LogP contribution in [0.5, 0.6) is 0 Å².